The summed E-state index contributed by atoms with van der Waals surface area (Å²) in [6.45, 7) is 4.26. The number of carbonyl (C=O) groups excluding carboxylic acids is 1. The number of benzene rings is 2. The number of amides is 1. The Morgan fingerprint density at radius 2 is 1.96 bits per heavy atom. The minimum atomic E-state index is -0.154. The lowest BCUT2D eigenvalue weighted by Gasteiger charge is -2.13. The Morgan fingerprint density at radius 1 is 1.23 bits per heavy atom. The maximum Gasteiger partial charge on any atom is 0.280 e. The first-order valence-corrected chi connectivity index (χ1v) is 9.01. The van der Waals surface area contributed by atoms with Crippen LogP contribution in [0.15, 0.2) is 57.6 Å². The molecular formula is C20H19BrN2O3. The molecule has 3 rings (SSSR count). The van der Waals surface area contributed by atoms with Crippen molar-refractivity contribution < 1.29 is 14.3 Å². The van der Waals surface area contributed by atoms with Gasteiger partial charge in [-0.25, -0.2) is 0 Å². The predicted octanol–water partition coefficient (Wildman–Crippen LogP) is 4.66. The second kappa shape index (κ2) is 7.74. The number of hydrogen-bond donors (Lipinski definition) is 0. The summed E-state index contributed by atoms with van der Waals surface area (Å²) in [6.07, 6.45) is 1.82. The van der Waals surface area contributed by atoms with E-state index in [0.717, 1.165) is 15.7 Å². The molecule has 6 heteroatoms. The molecule has 1 aliphatic heterocycles. The average molecular weight is 415 g/mol. The summed E-state index contributed by atoms with van der Waals surface area (Å²) in [6, 6.07) is 13.1. The van der Waals surface area contributed by atoms with Crippen LogP contribution in [0.5, 0.6) is 11.5 Å². The van der Waals surface area contributed by atoms with E-state index in [1.165, 1.54) is 5.01 Å². The Balaban J connectivity index is 1.98. The molecule has 0 radical (unpaired) electrons. The van der Waals surface area contributed by atoms with Crippen LogP contribution in [0.4, 0.5) is 5.69 Å². The Kier molecular flexibility index (Phi) is 5.42. The maximum atomic E-state index is 12.8. The second-order valence-electron chi connectivity index (χ2n) is 5.66. The van der Waals surface area contributed by atoms with Gasteiger partial charge in [0.25, 0.3) is 5.91 Å². The molecule has 134 valence electrons. The van der Waals surface area contributed by atoms with Gasteiger partial charge in [0.2, 0.25) is 0 Å². The van der Waals surface area contributed by atoms with Crippen LogP contribution in [0.2, 0.25) is 0 Å². The van der Waals surface area contributed by atoms with Crippen LogP contribution in [0.1, 0.15) is 19.4 Å². The number of rotatable bonds is 5. The normalized spacial score (nSPS) is 15.4. The van der Waals surface area contributed by atoms with Crippen molar-refractivity contribution in [3.8, 4) is 11.5 Å². The van der Waals surface area contributed by atoms with Crippen LogP contribution in [-0.4, -0.2) is 25.3 Å². The summed E-state index contributed by atoms with van der Waals surface area (Å²) in [4.78, 5) is 12.8. The van der Waals surface area contributed by atoms with Crippen LogP contribution in [0.3, 0.4) is 0 Å². The fourth-order valence-electron chi connectivity index (χ4n) is 2.73. The zero-order valence-electron chi connectivity index (χ0n) is 14.8. The van der Waals surface area contributed by atoms with Crippen LogP contribution < -0.4 is 14.5 Å². The lowest BCUT2D eigenvalue weighted by atomic mass is 10.1. The first-order valence-electron chi connectivity index (χ1n) is 8.22. The summed E-state index contributed by atoms with van der Waals surface area (Å²) >= 11 is 3.50. The van der Waals surface area contributed by atoms with Crippen molar-refractivity contribution in [2.75, 3.05) is 18.7 Å². The third-order valence-electron chi connectivity index (χ3n) is 3.91. The monoisotopic (exact) mass is 414 g/mol. The fraction of sp³-hybridized carbons (Fsp3) is 0.200. The van der Waals surface area contributed by atoms with E-state index in [2.05, 4.69) is 21.0 Å². The van der Waals surface area contributed by atoms with E-state index in [9.17, 15) is 4.79 Å². The molecule has 2 aromatic carbocycles. The predicted molar refractivity (Wildman–Crippen MR) is 107 cm³/mol. The number of para-hydroxylation sites is 1. The summed E-state index contributed by atoms with van der Waals surface area (Å²) in [5.74, 6) is 1.10. The standard InChI is InChI=1S/C20H19BrN2O3/c1-4-26-18-12-14(11-17(21)19(18)25-3)10-16-13(2)22-23(20(16)24)15-8-6-5-7-9-15/h5-12H,4H2,1-3H3/b16-10+. The van der Waals surface area contributed by atoms with Crippen molar-refractivity contribution in [1.29, 1.82) is 0 Å². The molecule has 1 aliphatic rings. The van der Waals surface area contributed by atoms with Gasteiger partial charge in [0.1, 0.15) is 0 Å². The van der Waals surface area contributed by atoms with Gasteiger partial charge in [-0.15, -0.1) is 0 Å². The summed E-state index contributed by atoms with van der Waals surface area (Å²) < 4.78 is 11.8. The van der Waals surface area contributed by atoms with Crippen molar-refractivity contribution >= 4 is 39.3 Å². The minimum absolute atomic E-state index is 0.154. The van der Waals surface area contributed by atoms with Crippen molar-refractivity contribution in [2.45, 2.75) is 13.8 Å². The number of ether oxygens (including phenoxy) is 2. The molecule has 1 heterocycles. The SMILES string of the molecule is CCOc1cc(/C=C2/C(=O)N(c3ccccc3)N=C2C)cc(Br)c1OC. The van der Waals surface area contributed by atoms with Gasteiger partial charge in [-0.1, -0.05) is 18.2 Å². The molecule has 0 bridgehead atoms. The lowest BCUT2D eigenvalue weighted by Crippen LogP contribution is -2.21. The van der Waals surface area contributed by atoms with E-state index in [1.807, 2.05) is 62.4 Å². The first kappa shape index (κ1) is 18.2. The average Bonchev–Trinajstić information content (AvgIpc) is 2.91. The van der Waals surface area contributed by atoms with Crippen LogP contribution >= 0.6 is 15.9 Å². The highest BCUT2D eigenvalue weighted by atomic mass is 79.9. The van der Waals surface area contributed by atoms with E-state index >= 15 is 0 Å². The molecule has 1 amide bonds. The first-order chi connectivity index (χ1) is 12.5. The molecule has 0 unspecified atom stereocenters. The van der Waals surface area contributed by atoms with Gasteiger partial charge in [0, 0.05) is 0 Å². The Bertz CT molecular complexity index is 891. The number of halogens is 1. The van der Waals surface area contributed by atoms with E-state index in [0.29, 0.717) is 29.4 Å². The second-order valence-corrected chi connectivity index (χ2v) is 6.52. The molecule has 2 aromatic rings. The number of hydrogen-bond acceptors (Lipinski definition) is 4. The molecular weight excluding hydrogens is 396 g/mol. The van der Waals surface area contributed by atoms with E-state index in [4.69, 9.17) is 9.47 Å². The highest BCUT2D eigenvalue weighted by Gasteiger charge is 2.28. The molecule has 0 fully saturated rings. The number of methoxy groups -OCH3 is 1. The number of nitrogens with zero attached hydrogens (tertiary/aromatic N) is 2. The number of hydrazone groups is 1. The highest BCUT2D eigenvalue weighted by Crippen LogP contribution is 2.37. The largest absolute Gasteiger partial charge is 0.492 e. The Hall–Kier alpha value is -2.60. The molecule has 0 spiro atoms. The van der Waals surface area contributed by atoms with Gasteiger partial charge in [0.15, 0.2) is 11.5 Å². The quantitative estimate of drug-likeness (QED) is 0.668. The molecule has 0 atom stereocenters. The van der Waals surface area contributed by atoms with Crippen LogP contribution in [0.25, 0.3) is 6.08 Å². The molecule has 0 N–H and O–H groups in total. The molecule has 5 nitrogen and oxygen atoms in total. The van der Waals surface area contributed by atoms with Crippen molar-refractivity contribution in [2.24, 2.45) is 5.10 Å². The minimum Gasteiger partial charge on any atom is -0.492 e. The van der Waals surface area contributed by atoms with E-state index in [-0.39, 0.29) is 5.91 Å². The van der Waals surface area contributed by atoms with E-state index < -0.39 is 0 Å². The number of anilines is 1. The smallest absolute Gasteiger partial charge is 0.280 e. The van der Waals surface area contributed by atoms with Crippen molar-refractivity contribution in [3.05, 3.63) is 58.1 Å². The molecule has 0 saturated heterocycles. The zero-order chi connectivity index (χ0) is 18.7. The van der Waals surface area contributed by atoms with Gasteiger partial charge in [-0.3, -0.25) is 4.79 Å². The molecule has 0 aliphatic carbocycles. The summed E-state index contributed by atoms with van der Waals surface area (Å²) in [5.41, 5.74) is 2.79. The molecule has 0 saturated carbocycles. The van der Waals surface area contributed by atoms with Gasteiger partial charge < -0.3 is 9.47 Å². The van der Waals surface area contributed by atoms with E-state index in [1.54, 1.807) is 7.11 Å². The zero-order valence-corrected chi connectivity index (χ0v) is 16.4. The maximum absolute atomic E-state index is 12.8. The van der Waals surface area contributed by atoms with Crippen LogP contribution in [0, 0.1) is 0 Å². The summed E-state index contributed by atoms with van der Waals surface area (Å²) in [7, 11) is 1.59. The van der Waals surface area contributed by atoms with Crippen LogP contribution in [-0.2, 0) is 4.79 Å². The van der Waals surface area contributed by atoms with Gasteiger partial charge in [-0.05, 0) is 65.7 Å². The lowest BCUT2D eigenvalue weighted by molar-refractivity contribution is -0.114. The van der Waals surface area contributed by atoms with Crippen molar-refractivity contribution in [3.63, 3.8) is 0 Å². The molecule has 0 aromatic heterocycles. The third-order valence-corrected chi connectivity index (χ3v) is 4.50. The topological polar surface area (TPSA) is 51.1 Å². The van der Waals surface area contributed by atoms with Gasteiger partial charge in [-0.2, -0.15) is 10.1 Å². The number of carbonyl (C=O) groups is 1. The van der Waals surface area contributed by atoms with Gasteiger partial charge >= 0.3 is 0 Å². The summed E-state index contributed by atoms with van der Waals surface area (Å²) in [5, 5.41) is 5.82. The molecule has 26 heavy (non-hydrogen) atoms. The van der Waals surface area contributed by atoms with Gasteiger partial charge in [0.05, 0.1) is 35.2 Å². The third kappa shape index (κ3) is 3.51. The Labute approximate surface area is 161 Å². The Morgan fingerprint density at radius 3 is 2.62 bits per heavy atom. The van der Waals surface area contributed by atoms with Crippen molar-refractivity contribution in [1.82, 2.24) is 0 Å². The highest BCUT2D eigenvalue weighted by molar-refractivity contribution is 9.10. The fourth-order valence-corrected chi connectivity index (χ4v) is 3.35.